The van der Waals surface area contributed by atoms with E-state index in [9.17, 15) is 4.79 Å². The van der Waals surface area contributed by atoms with Gasteiger partial charge in [0, 0.05) is 18.1 Å². The normalized spacial score (nSPS) is 10.8. The highest BCUT2D eigenvalue weighted by Crippen LogP contribution is 2.28. The molecule has 4 heteroatoms. The van der Waals surface area contributed by atoms with Gasteiger partial charge < -0.3 is 9.72 Å². The van der Waals surface area contributed by atoms with Crippen LogP contribution in [0.2, 0.25) is 0 Å². The molecule has 0 bridgehead atoms. The summed E-state index contributed by atoms with van der Waals surface area (Å²) in [4.78, 5) is 19.1. The van der Waals surface area contributed by atoms with E-state index in [1.54, 1.807) is 0 Å². The summed E-state index contributed by atoms with van der Waals surface area (Å²) in [5, 5.41) is 0. The first-order valence-corrected chi connectivity index (χ1v) is 6.96. The highest BCUT2D eigenvalue weighted by atomic mass is 16.5. The van der Waals surface area contributed by atoms with Crippen LogP contribution in [0.5, 0.6) is 5.75 Å². The highest BCUT2D eigenvalue weighted by Gasteiger charge is 2.10. The maximum absolute atomic E-state index is 11.8. The molecule has 0 saturated heterocycles. The molecular formula is C16H20N2O2. The maximum atomic E-state index is 11.8. The molecule has 0 aliphatic carbocycles. The molecule has 0 fully saturated rings. The summed E-state index contributed by atoms with van der Waals surface area (Å²) < 4.78 is 5.79. The lowest BCUT2D eigenvalue weighted by atomic mass is 10.1. The number of rotatable bonds is 5. The van der Waals surface area contributed by atoms with Crippen molar-refractivity contribution >= 4 is 0 Å². The first kappa shape index (κ1) is 14.3. The molecule has 106 valence electrons. The van der Waals surface area contributed by atoms with E-state index in [1.165, 1.54) is 6.07 Å². The van der Waals surface area contributed by atoms with Gasteiger partial charge in [0.15, 0.2) is 0 Å². The lowest BCUT2D eigenvalue weighted by molar-refractivity contribution is 0.243. The molecule has 2 aromatic rings. The summed E-state index contributed by atoms with van der Waals surface area (Å²) in [6.45, 7) is 6.01. The zero-order valence-electron chi connectivity index (χ0n) is 12.1. The van der Waals surface area contributed by atoms with Gasteiger partial charge in [-0.3, -0.25) is 4.79 Å². The van der Waals surface area contributed by atoms with Gasteiger partial charge in [-0.15, -0.1) is 0 Å². The minimum Gasteiger partial charge on any atom is -0.490 e. The molecule has 1 aromatic heterocycles. The van der Waals surface area contributed by atoms with Crippen LogP contribution >= 0.6 is 0 Å². The number of hydrogen-bond acceptors (Lipinski definition) is 3. The zero-order valence-corrected chi connectivity index (χ0v) is 12.1. The molecule has 1 N–H and O–H groups in total. The third-order valence-electron chi connectivity index (χ3n) is 2.80. The number of H-pyrrole nitrogens is 1. The second-order valence-corrected chi connectivity index (χ2v) is 4.99. The Bertz CT molecular complexity index is 632. The van der Waals surface area contributed by atoms with Crippen molar-refractivity contribution < 1.29 is 4.74 Å². The third kappa shape index (κ3) is 3.47. The van der Waals surface area contributed by atoms with Gasteiger partial charge in [-0.05, 0) is 32.4 Å². The molecule has 20 heavy (non-hydrogen) atoms. The lowest BCUT2D eigenvalue weighted by Gasteiger charge is -2.14. The van der Waals surface area contributed by atoms with Gasteiger partial charge in [0.05, 0.1) is 11.8 Å². The van der Waals surface area contributed by atoms with Crippen LogP contribution in [0.3, 0.4) is 0 Å². The average molecular weight is 272 g/mol. The fourth-order valence-corrected chi connectivity index (χ4v) is 2.04. The summed E-state index contributed by atoms with van der Waals surface area (Å²) in [7, 11) is 0. The molecule has 1 aromatic carbocycles. The quantitative estimate of drug-likeness (QED) is 0.909. The number of para-hydroxylation sites is 1. The maximum Gasteiger partial charge on any atom is 0.251 e. The minimum absolute atomic E-state index is 0.0771. The molecule has 0 radical (unpaired) electrons. The number of aryl methyl sites for hydroxylation is 1. The van der Waals surface area contributed by atoms with Crippen LogP contribution < -0.4 is 10.3 Å². The Morgan fingerprint density at radius 2 is 2.05 bits per heavy atom. The first-order chi connectivity index (χ1) is 9.60. The second kappa shape index (κ2) is 6.37. The Labute approximate surface area is 118 Å². The SMILES string of the molecule is CCCc1nc(-c2ccccc2OC(C)C)cc(=O)[nH]1. The number of aromatic amines is 1. The Morgan fingerprint density at radius 3 is 2.75 bits per heavy atom. The summed E-state index contributed by atoms with van der Waals surface area (Å²) in [6.07, 6.45) is 1.78. The Morgan fingerprint density at radius 1 is 1.30 bits per heavy atom. The highest BCUT2D eigenvalue weighted by molar-refractivity contribution is 5.66. The number of nitrogens with one attached hydrogen (secondary N) is 1. The van der Waals surface area contributed by atoms with Crippen LogP contribution in [0.1, 0.15) is 33.0 Å². The standard InChI is InChI=1S/C16H20N2O2/c1-4-7-15-17-13(10-16(19)18-15)12-8-5-6-9-14(12)20-11(2)3/h5-6,8-11H,4,7H2,1-3H3,(H,17,18,19). The van der Waals surface area contributed by atoms with E-state index in [2.05, 4.69) is 16.9 Å². The number of ether oxygens (including phenoxy) is 1. The second-order valence-electron chi connectivity index (χ2n) is 4.99. The minimum atomic E-state index is -0.127. The lowest BCUT2D eigenvalue weighted by Crippen LogP contribution is -2.12. The van der Waals surface area contributed by atoms with Crippen molar-refractivity contribution in [2.24, 2.45) is 0 Å². The average Bonchev–Trinajstić information content (AvgIpc) is 2.38. The van der Waals surface area contributed by atoms with Crippen molar-refractivity contribution in [2.75, 3.05) is 0 Å². The van der Waals surface area contributed by atoms with Gasteiger partial charge in [0.2, 0.25) is 0 Å². The molecule has 0 saturated carbocycles. The number of benzene rings is 1. The van der Waals surface area contributed by atoms with E-state index < -0.39 is 0 Å². The molecule has 0 amide bonds. The van der Waals surface area contributed by atoms with Gasteiger partial charge in [0.1, 0.15) is 11.6 Å². The topological polar surface area (TPSA) is 55.0 Å². The van der Waals surface area contributed by atoms with E-state index in [0.717, 1.165) is 24.2 Å². The summed E-state index contributed by atoms with van der Waals surface area (Å²) in [5.41, 5.74) is 1.39. The monoisotopic (exact) mass is 272 g/mol. The molecule has 0 spiro atoms. The van der Waals surface area contributed by atoms with Crippen LogP contribution in [0.25, 0.3) is 11.3 Å². The van der Waals surface area contributed by atoms with Gasteiger partial charge in [-0.1, -0.05) is 19.1 Å². The third-order valence-corrected chi connectivity index (χ3v) is 2.80. The molecule has 1 heterocycles. The van der Waals surface area contributed by atoms with E-state index in [1.807, 2.05) is 38.1 Å². The van der Waals surface area contributed by atoms with E-state index in [-0.39, 0.29) is 11.7 Å². The Kier molecular flexibility index (Phi) is 4.56. The molecule has 0 unspecified atom stereocenters. The number of aromatic nitrogens is 2. The van der Waals surface area contributed by atoms with E-state index >= 15 is 0 Å². The summed E-state index contributed by atoms with van der Waals surface area (Å²) in [5.74, 6) is 1.47. The molecule has 4 nitrogen and oxygen atoms in total. The van der Waals surface area contributed by atoms with Crippen molar-refractivity contribution in [3.63, 3.8) is 0 Å². The van der Waals surface area contributed by atoms with Crippen molar-refractivity contribution in [3.05, 3.63) is 46.5 Å². The van der Waals surface area contributed by atoms with Crippen LogP contribution in [0.15, 0.2) is 35.1 Å². The van der Waals surface area contributed by atoms with Gasteiger partial charge in [-0.2, -0.15) is 0 Å². The summed E-state index contributed by atoms with van der Waals surface area (Å²) in [6, 6.07) is 9.18. The smallest absolute Gasteiger partial charge is 0.251 e. The molecule has 2 rings (SSSR count). The van der Waals surface area contributed by atoms with Crippen LogP contribution in [-0.2, 0) is 6.42 Å². The Balaban J connectivity index is 2.48. The fourth-order valence-electron chi connectivity index (χ4n) is 2.04. The Hall–Kier alpha value is -2.10. The molecular weight excluding hydrogens is 252 g/mol. The van der Waals surface area contributed by atoms with Crippen molar-refractivity contribution in [3.8, 4) is 17.0 Å². The van der Waals surface area contributed by atoms with E-state index in [0.29, 0.717) is 11.5 Å². The zero-order chi connectivity index (χ0) is 14.5. The number of nitrogens with zero attached hydrogens (tertiary/aromatic N) is 1. The largest absolute Gasteiger partial charge is 0.490 e. The summed E-state index contributed by atoms with van der Waals surface area (Å²) >= 11 is 0. The van der Waals surface area contributed by atoms with Crippen molar-refractivity contribution in [1.29, 1.82) is 0 Å². The van der Waals surface area contributed by atoms with Gasteiger partial charge in [-0.25, -0.2) is 4.98 Å². The predicted octanol–water partition coefficient (Wildman–Crippen LogP) is 3.18. The van der Waals surface area contributed by atoms with Crippen LogP contribution in [0.4, 0.5) is 0 Å². The predicted molar refractivity (Wildman–Crippen MR) is 80.1 cm³/mol. The van der Waals surface area contributed by atoms with E-state index in [4.69, 9.17) is 4.74 Å². The van der Waals surface area contributed by atoms with Gasteiger partial charge >= 0.3 is 0 Å². The molecule has 0 atom stereocenters. The fraction of sp³-hybridized carbons (Fsp3) is 0.375. The molecule has 0 aliphatic heterocycles. The van der Waals surface area contributed by atoms with Crippen LogP contribution in [0, 0.1) is 0 Å². The van der Waals surface area contributed by atoms with Crippen LogP contribution in [-0.4, -0.2) is 16.1 Å². The number of hydrogen-bond donors (Lipinski definition) is 1. The van der Waals surface area contributed by atoms with Gasteiger partial charge in [0.25, 0.3) is 5.56 Å². The first-order valence-electron chi connectivity index (χ1n) is 6.96. The molecule has 0 aliphatic rings. The van der Waals surface area contributed by atoms with Crippen molar-refractivity contribution in [2.45, 2.75) is 39.7 Å². The van der Waals surface area contributed by atoms with Crippen molar-refractivity contribution in [1.82, 2.24) is 9.97 Å².